The van der Waals surface area contributed by atoms with Gasteiger partial charge in [0.1, 0.15) is 6.61 Å². The van der Waals surface area contributed by atoms with Gasteiger partial charge in [-0.05, 0) is 35.8 Å². The maximum Gasteiger partial charge on any atom is 0.408 e. The van der Waals surface area contributed by atoms with E-state index in [0.29, 0.717) is 12.8 Å². The quantitative estimate of drug-likeness (QED) is 0.610. The molecule has 2 saturated carbocycles. The van der Waals surface area contributed by atoms with Crippen molar-refractivity contribution in [3.05, 3.63) is 77.9 Å². The number of ether oxygens (including phenoxy) is 1. The van der Waals surface area contributed by atoms with Crippen molar-refractivity contribution in [3.63, 3.8) is 0 Å². The van der Waals surface area contributed by atoms with Gasteiger partial charge in [-0.15, -0.1) is 0 Å². The second kappa shape index (κ2) is 8.86. The summed E-state index contributed by atoms with van der Waals surface area (Å²) in [5.74, 6) is -4.82. The van der Waals surface area contributed by atoms with E-state index in [2.05, 4.69) is 5.32 Å². The minimum absolute atomic E-state index is 0.0362. The first kappa shape index (κ1) is 21.6. The number of alkyl carbamates (subject to hydrolysis) is 1. The van der Waals surface area contributed by atoms with Gasteiger partial charge in [0.15, 0.2) is 5.54 Å². The van der Waals surface area contributed by atoms with Gasteiger partial charge < -0.3 is 20.3 Å². The average Bonchev–Trinajstić information content (AvgIpc) is 3.34. The van der Waals surface area contributed by atoms with E-state index in [1.807, 2.05) is 48.6 Å². The minimum Gasteiger partial charge on any atom is -0.481 e. The molecule has 0 heterocycles. The number of fused-ring (bicyclic) bond motifs is 2. The minimum atomic E-state index is -1.92. The molecular formula is C25H25NO6. The molecule has 5 atom stereocenters. The van der Waals surface area contributed by atoms with Crippen LogP contribution in [0.15, 0.2) is 66.7 Å². The number of benzene rings is 2. The van der Waals surface area contributed by atoms with Crippen LogP contribution in [0.2, 0.25) is 0 Å². The maximum absolute atomic E-state index is 12.6. The summed E-state index contributed by atoms with van der Waals surface area (Å²) in [6.07, 6.45) is 3.92. The van der Waals surface area contributed by atoms with Crippen molar-refractivity contribution < 1.29 is 29.3 Å². The van der Waals surface area contributed by atoms with Gasteiger partial charge in [0.05, 0.1) is 5.92 Å². The van der Waals surface area contributed by atoms with E-state index in [1.54, 1.807) is 24.3 Å². The first-order valence-corrected chi connectivity index (χ1v) is 10.6. The van der Waals surface area contributed by atoms with Crippen LogP contribution in [0.3, 0.4) is 0 Å². The summed E-state index contributed by atoms with van der Waals surface area (Å²) >= 11 is 0. The molecule has 0 spiro atoms. The SMILES string of the molecule is O=C(N[C@]1(C(=O)O)[C@@H]2C[C@@H](C[C@H]2/C=C/c2ccccc2)[C@@H]1C(=O)O)OCc1ccccc1. The molecule has 0 aromatic heterocycles. The number of hydrogen-bond acceptors (Lipinski definition) is 4. The van der Waals surface area contributed by atoms with Gasteiger partial charge in [0.2, 0.25) is 0 Å². The van der Waals surface area contributed by atoms with Crippen LogP contribution in [0, 0.1) is 23.7 Å². The van der Waals surface area contributed by atoms with E-state index < -0.39 is 35.4 Å². The van der Waals surface area contributed by atoms with E-state index in [0.717, 1.165) is 11.1 Å². The molecule has 2 aromatic rings. The van der Waals surface area contributed by atoms with Crippen LogP contribution in [0.5, 0.6) is 0 Å². The second-order valence-corrected chi connectivity index (χ2v) is 8.45. The lowest BCUT2D eigenvalue weighted by atomic mass is 9.68. The number of allylic oxidation sites excluding steroid dienone is 1. The largest absolute Gasteiger partial charge is 0.481 e. The molecule has 32 heavy (non-hydrogen) atoms. The number of nitrogens with one attached hydrogen (secondary N) is 1. The lowest BCUT2D eigenvalue weighted by Crippen LogP contribution is -2.65. The zero-order valence-electron chi connectivity index (χ0n) is 17.4. The van der Waals surface area contributed by atoms with Crippen LogP contribution < -0.4 is 5.32 Å². The average molecular weight is 435 g/mol. The van der Waals surface area contributed by atoms with Crippen molar-refractivity contribution >= 4 is 24.1 Å². The van der Waals surface area contributed by atoms with Gasteiger partial charge in [-0.1, -0.05) is 72.8 Å². The first-order valence-electron chi connectivity index (χ1n) is 10.6. The summed E-state index contributed by atoms with van der Waals surface area (Å²) in [7, 11) is 0. The predicted molar refractivity (Wildman–Crippen MR) is 116 cm³/mol. The summed E-state index contributed by atoms with van der Waals surface area (Å²) in [5.41, 5.74) is -0.201. The number of carbonyl (C=O) groups is 3. The predicted octanol–water partition coefficient (Wildman–Crippen LogP) is 3.81. The van der Waals surface area contributed by atoms with Crippen LogP contribution in [-0.4, -0.2) is 33.8 Å². The Morgan fingerprint density at radius 2 is 1.66 bits per heavy atom. The van der Waals surface area contributed by atoms with E-state index in [-0.39, 0.29) is 18.4 Å². The molecule has 2 bridgehead atoms. The van der Waals surface area contributed by atoms with Crippen LogP contribution in [0.25, 0.3) is 6.08 Å². The number of amides is 1. The summed E-state index contributed by atoms with van der Waals surface area (Å²) < 4.78 is 5.24. The Bertz CT molecular complexity index is 1020. The number of hydrogen-bond donors (Lipinski definition) is 3. The maximum atomic E-state index is 12.6. The Hall–Kier alpha value is -3.61. The fourth-order valence-corrected chi connectivity index (χ4v) is 5.36. The fourth-order valence-electron chi connectivity index (χ4n) is 5.36. The van der Waals surface area contributed by atoms with Crippen LogP contribution in [-0.2, 0) is 20.9 Å². The third-order valence-corrected chi connectivity index (χ3v) is 6.67. The topological polar surface area (TPSA) is 113 Å². The molecule has 2 aromatic carbocycles. The van der Waals surface area contributed by atoms with E-state index in [4.69, 9.17) is 4.74 Å². The standard InChI is InChI=1S/C25H25NO6/c27-22(28)21-19-13-18(12-11-16-7-3-1-4-8-16)20(14-19)25(21,23(29)30)26-24(31)32-15-17-9-5-2-6-10-17/h1-12,18-21H,13-15H2,(H,26,31)(H,27,28)(H,29,30)/b12-11+/t18-,19-,20-,21-,25-/m1/s1. The van der Waals surface area contributed by atoms with Crippen molar-refractivity contribution in [3.8, 4) is 0 Å². The highest BCUT2D eigenvalue weighted by molar-refractivity contribution is 5.92. The zero-order chi connectivity index (χ0) is 22.7. The Kier molecular flexibility index (Phi) is 5.99. The third-order valence-electron chi connectivity index (χ3n) is 6.67. The normalized spacial score (nSPS) is 28.5. The lowest BCUT2D eigenvalue weighted by Gasteiger charge is -2.41. The highest BCUT2D eigenvalue weighted by atomic mass is 16.5. The van der Waals surface area contributed by atoms with E-state index in [9.17, 15) is 24.6 Å². The van der Waals surface area contributed by atoms with Crippen molar-refractivity contribution in [2.45, 2.75) is 25.0 Å². The Morgan fingerprint density at radius 3 is 2.28 bits per heavy atom. The molecule has 2 aliphatic carbocycles. The van der Waals surface area contributed by atoms with Gasteiger partial charge in [0.25, 0.3) is 0 Å². The Morgan fingerprint density at radius 1 is 1.00 bits per heavy atom. The van der Waals surface area contributed by atoms with Gasteiger partial charge >= 0.3 is 18.0 Å². The van der Waals surface area contributed by atoms with Gasteiger partial charge in [-0.25, -0.2) is 9.59 Å². The third kappa shape index (κ3) is 3.98. The number of carboxylic acids is 2. The van der Waals surface area contributed by atoms with E-state index >= 15 is 0 Å². The van der Waals surface area contributed by atoms with Gasteiger partial charge in [0, 0.05) is 5.92 Å². The van der Waals surface area contributed by atoms with Crippen LogP contribution in [0.1, 0.15) is 24.0 Å². The fraction of sp³-hybridized carbons (Fsp3) is 0.320. The molecule has 1 amide bonds. The molecule has 7 nitrogen and oxygen atoms in total. The number of rotatable bonds is 7. The number of aliphatic carboxylic acids is 2. The second-order valence-electron chi connectivity index (χ2n) is 8.45. The van der Waals surface area contributed by atoms with Crippen molar-refractivity contribution in [2.75, 3.05) is 0 Å². The van der Waals surface area contributed by atoms with E-state index in [1.165, 1.54) is 0 Å². The van der Waals surface area contributed by atoms with Crippen molar-refractivity contribution in [1.82, 2.24) is 5.32 Å². The number of carbonyl (C=O) groups excluding carboxylic acids is 1. The van der Waals surface area contributed by atoms with Gasteiger partial charge in [-0.3, -0.25) is 4.79 Å². The molecule has 7 heteroatoms. The Balaban J connectivity index is 1.57. The number of carboxylic acid groups (broad SMARTS) is 2. The Labute approximate surface area is 185 Å². The molecule has 0 saturated heterocycles. The molecule has 3 N–H and O–H groups in total. The highest BCUT2D eigenvalue weighted by Gasteiger charge is 2.69. The molecule has 4 rings (SSSR count). The molecule has 2 aliphatic rings. The smallest absolute Gasteiger partial charge is 0.408 e. The summed E-state index contributed by atoms with van der Waals surface area (Å²) in [4.78, 5) is 37.2. The molecule has 0 unspecified atom stereocenters. The van der Waals surface area contributed by atoms with Crippen molar-refractivity contribution in [2.24, 2.45) is 23.7 Å². The van der Waals surface area contributed by atoms with Crippen molar-refractivity contribution in [1.29, 1.82) is 0 Å². The molecular weight excluding hydrogens is 410 g/mol. The van der Waals surface area contributed by atoms with Crippen LogP contribution >= 0.6 is 0 Å². The first-order chi connectivity index (χ1) is 15.4. The zero-order valence-corrected chi connectivity index (χ0v) is 17.4. The molecule has 2 fully saturated rings. The summed E-state index contributed by atoms with van der Waals surface area (Å²) in [6, 6.07) is 18.6. The van der Waals surface area contributed by atoms with Crippen LogP contribution in [0.4, 0.5) is 4.79 Å². The molecule has 0 radical (unpaired) electrons. The summed E-state index contributed by atoms with van der Waals surface area (Å²) in [6.45, 7) is -0.0362. The lowest BCUT2D eigenvalue weighted by molar-refractivity contribution is -0.161. The highest BCUT2D eigenvalue weighted by Crippen LogP contribution is 2.58. The molecule has 0 aliphatic heterocycles. The molecule has 166 valence electrons. The summed E-state index contributed by atoms with van der Waals surface area (Å²) in [5, 5.41) is 22.5. The van der Waals surface area contributed by atoms with Gasteiger partial charge in [-0.2, -0.15) is 0 Å². The monoisotopic (exact) mass is 435 g/mol.